The van der Waals surface area contributed by atoms with Gasteiger partial charge in [-0.3, -0.25) is 5.10 Å². The van der Waals surface area contributed by atoms with E-state index < -0.39 is 0 Å². The average Bonchev–Trinajstić information content (AvgIpc) is 3.29. The fraction of sp³-hybridized carbons (Fsp3) is 0.130. The minimum atomic E-state index is -0.366. The number of fused-ring (bicyclic) bond motifs is 2. The molecule has 4 aromatic rings. The van der Waals surface area contributed by atoms with Crippen LogP contribution in [0.4, 0.5) is 0 Å². The fourth-order valence-electron chi connectivity index (χ4n) is 4.16. The Labute approximate surface area is 178 Å². The molecule has 0 saturated carbocycles. The lowest BCUT2D eigenvalue weighted by Gasteiger charge is -2.23. The van der Waals surface area contributed by atoms with Gasteiger partial charge >= 0.3 is 0 Å². The Kier molecular flexibility index (Phi) is 4.27. The van der Waals surface area contributed by atoms with Gasteiger partial charge in [0.05, 0.1) is 5.92 Å². The van der Waals surface area contributed by atoms with Crippen LogP contribution in [0.15, 0.2) is 66.2 Å². The third-order valence-electron chi connectivity index (χ3n) is 5.56. The van der Waals surface area contributed by atoms with Gasteiger partial charge in [0.2, 0.25) is 11.8 Å². The van der Waals surface area contributed by atoms with Crippen LogP contribution < -0.4 is 10.5 Å². The second-order valence-corrected chi connectivity index (χ2v) is 7.72. The van der Waals surface area contributed by atoms with E-state index in [1.54, 1.807) is 0 Å². The van der Waals surface area contributed by atoms with E-state index in [1.807, 2.05) is 43.3 Å². The number of nitrogens with zero attached hydrogens (tertiary/aromatic N) is 3. The number of benzene rings is 2. The maximum Gasteiger partial charge on any atom is 0.244 e. The summed E-state index contributed by atoms with van der Waals surface area (Å²) in [4.78, 5) is 0. The number of nitriles is 1. The SMILES string of the molecule is Cc1[nH]nc2c1[C@H](c1cn(Cc3ccccc3Cl)c3ccccc13)C(C#N)=C(N)O2. The highest BCUT2D eigenvalue weighted by atomic mass is 35.5. The number of aromatic nitrogens is 3. The second kappa shape index (κ2) is 6.97. The van der Waals surface area contributed by atoms with Gasteiger partial charge in [0.25, 0.3) is 0 Å². The number of nitrogens with one attached hydrogen (secondary N) is 1. The third-order valence-corrected chi connectivity index (χ3v) is 5.93. The maximum absolute atomic E-state index is 9.87. The van der Waals surface area contributed by atoms with Gasteiger partial charge in [-0.2, -0.15) is 5.26 Å². The molecule has 0 amide bonds. The van der Waals surface area contributed by atoms with E-state index in [0.29, 0.717) is 18.0 Å². The van der Waals surface area contributed by atoms with Crippen LogP contribution in [0.3, 0.4) is 0 Å². The summed E-state index contributed by atoms with van der Waals surface area (Å²) >= 11 is 6.41. The predicted octanol–water partition coefficient (Wildman–Crippen LogP) is 4.59. The molecule has 2 aromatic carbocycles. The van der Waals surface area contributed by atoms with Crippen molar-refractivity contribution in [3.8, 4) is 11.9 Å². The smallest absolute Gasteiger partial charge is 0.244 e. The Bertz CT molecular complexity index is 1360. The van der Waals surface area contributed by atoms with E-state index in [2.05, 4.69) is 39.2 Å². The lowest BCUT2D eigenvalue weighted by Crippen LogP contribution is -2.21. The van der Waals surface area contributed by atoms with Crippen LogP contribution in [0.25, 0.3) is 10.9 Å². The summed E-state index contributed by atoms with van der Waals surface area (Å²) in [6, 6.07) is 18.2. The highest BCUT2D eigenvalue weighted by molar-refractivity contribution is 6.31. The van der Waals surface area contributed by atoms with Crippen LogP contribution in [-0.4, -0.2) is 14.8 Å². The van der Waals surface area contributed by atoms with Gasteiger partial charge in [0, 0.05) is 39.9 Å². The normalized spacial score (nSPS) is 15.7. The molecule has 0 radical (unpaired) electrons. The Morgan fingerprint density at radius 1 is 1.23 bits per heavy atom. The molecule has 30 heavy (non-hydrogen) atoms. The lowest BCUT2D eigenvalue weighted by atomic mass is 9.84. The molecule has 0 saturated heterocycles. The van der Waals surface area contributed by atoms with Crippen molar-refractivity contribution in [1.29, 1.82) is 5.26 Å². The average molecular weight is 416 g/mol. The molecule has 6 nitrogen and oxygen atoms in total. The number of ether oxygens (including phenoxy) is 1. The lowest BCUT2D eigenvalue weighted by molar-refractivity contribution is 0.379. The van der Waals surface area contributed by atoms with E-state index in [-0.39, 0.29) is 11.8 Å². The Morgan fingerprint density at radius 3 is 2.80 bits per heavy atom. The fourth-order valence-corrected chi connectivity index (χ4v) is 4.35. The van der Waals surface area contributed by atoms with Crippen molar-refractivity contribution in [3.63, 3.8) is 0 Å². The van der Waals surface area contributed by atoms with Gasteiger partial charge in [-0.15, -0.1) is 5.10 Å². The largest absolute Gasteiger partial charge is 0.420 e. The molecule has 3 heterocycles. The number of para-hydroxylation sites is 1. The van der Waals surface area contributed by atoms with Crippen molar-refractivity contribution in [2.75, 3.05) is 0 Å². The quantitative estimate of drug-likeness (QED) is 0.511. The summed E-state index contributed by atoms with van der Waals surface area (Å²) in [7, 11) is 0. The zero-order valence-electron chi connectivity index (χ0n) is 16.2. The van der Waals surface area contributed by atoms with Crippen LogP contribution in [0, 0.1) is 18.3 Å². The summed E-state index contributed by atoms with van der Waals surface area (Å²) in [6.45, 7) is 2.53. The molecule has 3 N–H and O–H groups in total. The molecule has 148 valence electrons. The van der Waals surface area contributed by atoms with Crippen molar-refractivity contribution in [2.45, 2.75) is 19.4 Å². The highest BCUT2D eigenvalue weighted by Gasteiger charge is 2.35. The van der Waals surface area contributed by atoms with Crippen LogP contribution in [-0.2, 0) is 6.54 Å². The Balaban J connectivity index is 1.73. The van der Waals surface area contributed by atoms with Gasteiger partial charge in [0.15, 0.2) is 0 Å². The van der Waals surface area contributed by atoms with Crippen LogP contribution in [0.2, 0.25) is 5.02 Å². The number of H-pyrrole nitrogens is 1. The predicted molar refractivity (Wildman–Crippen MR) is 115 cm³/mol. The Morgan fingerprint density at radius 2 is 2.00 bits per heavy atom. The monoisotopic (exact) mass is 415 g/mol. The van der Waals surface area contributed by atoms with E-state index in [1.165, 1.54) is 0 Å². The van der Waals surface area contributed by atoms with E-state index in [0.717, 1.165) is 38.3 Å². The molecule has 1 atom stereocenters. The van der Waals surface area contributed by atoms with Crippen molar-refractivity contribution in [1.82, 2.24) is 14.8 Å². The number of rotatable bonds is 3. The molecule has 0 unspecified atom stereocenters. The molecular weight excluding hydrogens is 398 g/mol. The number of halogens is 1. The topological polar surface area (TPSA) is 92.7 Å². The zero-order chi connectivity index (χ0) is 20.8. The number of aromatic amines is 1. The minimum Gasteiger partial charge on any atom is -0.420 e. The molecule has 5 rings (SSSR count). The van der Waals surface area contributed by atoms with Crippen LogP contribution in [0.1, 0.15) is 28.3 Å². The van der Waals surface area contributed by atoms with E-state index in [4.69, 9.17) is 22.1 Å². The number of hydrogen-bond donors (Lipinski definition) is 2. The molecule has 7 heteroatoms. The second-order valence-electron chi connectivity index (χ2n) is 7.31. The number of allylic oxidation sites excluding steroid dienone is 1. The Hall–Kier alpha value is -3.69. The first kappa shape index (κ1) is 18.3. The molecule has 0 bridgehead atoms. The molecule has 0 spiro atoms. The van der Waals surface area contributed by atoms with Crippen LogP contribution in [0.5, 0.6) is 5.88 Å². The summed E-state index contributed by atoms with van der Waals surface area (Å²) in [5.74, 6) is 0.135. The van der Waals surface area contributed by atoms with Gasteiger partial charge in [-0.05, 0) is 30.2 Å². The first-order chi connectivity index (χ1) is 14.6. The zero-order valence-corrected chi connectivity index (χ0v) is 16.9. The highest BCUT2D eigenvalue weighted by Crippen LogP contribution is 2.45. The van der Waals surface area contributed by atoms with E-state index >= 15 is 0 Å². The standard InChI is InChI=1S/C23H18ClN5O/c1-13-20-21(16(10-25)22(26)30-23(20)28-27-13)17-12-29(19-9-5-3-7-15(17)19)11-14-6-2-4-8-18(14)24/h2-9,12,21H,11,26H2,1H3,(H,27,28)/t21-/m0/s1. The number of nitrogens with two attached hydrogens (primary N) is 1. The number of hydrogen-bond acceptors (Lipinski definition) is 4. The van der Waals surface area contributed by atoms with Crippen molar-refractivity contribution >= 4 is 22.5 Å². The first-order valence-electron chi connectivity index (χ1n) is 9.52. The summed E-state index contributed by atoms with van der Waals surface area (Å²) in [5, 5.41) is 18.8. The minimum absolute atomic E-state index is 0.0874. The van der Waals surface area contributed by atoms with Crippen molar-refractivity contribution in [3.05, 3.63) is 93.6 Å². The van der Waals surface area contributed by atoms with Gasteiger partial charge in [-0.1, -0.05) is 48.0 Å². The first-order valence-corrected chi connectivity index (χ1v) is 9.90. The number of aryl methyl sites for hydroxylation is 1. The molecule has 0 fully saturated rings. The van der Waals surface area contributed by atoms with Gasteiger partial charge in [0.1, 0.15) is 11.6 Å². The maximum atomic E-state index is 9.87. The van der Waals surface area contributed by atoms with Gasteiger partial charge in [-0.25, -0.2) is 0 Å². The third kappa shape index (κ3) is 2.75. The molecule has 0 aliphatic carbocycles. The van der Waals surface area contributed by atoms with E-state index in [9.17, 15) is 5.26 Å². The summed E-state index contributed by atoms with van der Waals surface area (Å²) < 4.78 is 7.76. The molecule has 1 aliphatic heterocycles. The van der Waals surface area contributed by atoms with Crippen molar-refractivity contribution < 1.29 is 4.74 Å². The van der Waals surface area contributed by atoms with Crippen LogP contribution >= 0.6 is 11.6 Å². The summed E-state index contributed by atoms with van der Waals surface area (Å²) in [6.07, 6.45) is 2.07. The summed E-state index contributed by atoms with van der Waals surface area (Å²) in [5.41, 5.74) is 11.2. The van der Waals surface area contributed by atoms with Crippen molar-refractivity contribution in [2.24, 2.45) is 5.73 Å². The van der Waals surface area contributed by atoms with Gasteiger partial charge < -0.3 is 15.0 Å². The molecule has 2 aromatic heterocycles. The molecular formula is C23H18ClN5O. The molecule has 1 aliphatic rings.